The van der Waals surface area contributed by atoms with Gasteiger partial charge in [0.15, 0.2) is 0 Å². The Labute approximate surface area is 106 Å². The number of hydrogen-bond acceptors (Lipinski definition) is 2. The first-order valence-corrected chi connectivity index (χ1v) is 7.03. The third-order valence-electron chi connectivity index (χ3n) is 3.25. The Morgan fingerprint density at radius 1 is 1.18 bits per heavy atom. The minimum atomic E-state index is 0.315. The molecule has 0 aliphatic carbocycles. The molecule has 1 aromatic heterocycles. The molecule has 2 nitrogen and oxygen atoms in total. The molecular formula is C15H27NO. The zero-order valence-electron chi connectivity index (χ0n) is 11.5. The van der Waals surface area contributed by atoms with Crippen molar-refractivity contribution in [1.29, 1.82) is 0 Å². The van der Waals surface area contributed by atoms with Gasteiger partial charge in [0.1, 0.15) is 5.76 Å². The quantitative estimate of drug-likeness (QED) is 0.631. The van der Waals surface area contributed by atoms with Crippen LogP contribution in [0, 0.1) is 0 Å². The molecule has 1 N–H and O–H groups in total. The van der Waals surface area contributed by atoms with Gasteiger partial charge in [-0.2, -0.15) is 0 Å². The highest BCUT2D eigenvalue weighted by atomic mass is 16.3. The highest BCUT2D eigenvalue weighted by Gasteiger charge is 2.10. The van der Waals surface area contributed by atoms with Gasteiger partial charge in [0.25, 0.3) is 0 Å². The van der Waals surface area contributed by atoms with Crippen LogP contribution in [-0.4, -0.2) is 6.04 Å². The second kappa shape index (κ2) is 8.35. The minimum Gasteiger partial charge on any atom is -0.468 e. The molecule has 0 aliphatic rings. The van der Waals surface area contributed by atoms with E-state index in [0.717, 1.165) is 5.76 Å². The van der Waals surface area contributed by atoms with E-state index in [1.807, 2.05) is 12.1 Å². The molecule has 0 saturated heterocycles. The van der Waals surface area contributed by atoms with Crippen molar-refractivity contribution in [2.24, 2.45) is 0 Å². The van der Waals surface area contributed by atoms with Crippen LogP contribution < -0.4 is 5.32 Å². The van der Waals surface area contributed by atoms with Gasteiger partial charge in [-0.15, -0.1) is 0 Å². The SMILES string of the molecule is CCCCCCCC(C)N[C@@H](C)c1ccco1. The van der Waals surface area contributed by atoms with Gasteiger partial charge in [-0.3, -0.25) is 0 Å². The van der Waals surface area contributed by atoms with Crippen LogP contribution in [0.3, 0.4) is 0 Å². The molecule has 1 heterocycles. The lowest BCUT2D eigenvalue weighted by molar-refractivity contribution is 0.381. The molecule has 98 valence electrons. The number of rotatable bonds is 9. The summed E-state index contributed by atoms with van der Waals surface area (Å²) in [5.41, 5.74) is 0. The topological polar surface area (TPSA) is 25.2 Å². The maximum atomic E-state index is 5.39. The first-order valence-electron chi connectivity index (χ1n) is 7.03. The van der Waals surface area contributed by atoms with E-state index >= 15 is 0 Å². The van der Waals surface area contributed by atoms with Gasteiger partial charge < -0.3 is 9.73 Å². The molecule has 0 fully saturated rings. The van der Waals surface area contributed by atoms with Crippen LogP contribution in [0.25, 0.3) is 0 Å². The van der Waals surface area contributed by atoms with Gasteiger partial charge in [0.05, 0.1) is 12.3 Å². The van der Waals surface area contributed by atoms with Crippen LogP contribution in [0.5, 0.6) is 0 Å². The molecule has 1 unspecified atom stereocenters. The number of unbranched alkanes of at least 4 members (excludes halogenated alkanes) is 4. The maximum Gasteiger partial charge on any atom is 0.120 e. The number of hydrogen-bond donors (Lipinski definition) is 1. The zero-order valence-corrected chi connectivity index (χ0v) is 11.5. The Morgan fingerprint density at radius 2 is 1.94 bits per heavy atom. The van der Waals surface area contributed by atoms with Gasteiger partial charge in [0.2, 0.25) is 0 Å². The van der Waals surface area contributed by atoms with E-state index in [2.05, 4.69) is 26.1 Å². The predicted molar refractivity (Wildman–Crippen MR) is 73.1 cm³/mol. The Hall–Kier alpha value is -0.760. The number of nitrogens with one attached hydrogen (secondary N) is 1. The fraction of sp³-hybridized carbons (Fsp3) is 0.733. The standard InChI is InChI=1S/C15H27NO/c1-4-5-6-7-8-10-13(2)16-14(3)15-11-9-12-17-15/h9,11-14,16H,4-8,10H2,1-3H3/t13?,14-/m0/s1. The summed E-state index contributed by atoms with van der Waals surface area (Å²) in [5, 5.41) is 3.58. The molecule has 2 heteroatoms. The van der Waals surface area contributed by atoms with E-state index in [-0.39, 0.29) is 0 Å². The first kappa shape index (κ1) is 14.3. The smallest absolute Gasteiger partial charge is 0.120 e. The molecule has 0 bridgehead atoms. The highest BCUT2D eigenvalue weighted by molar-refractivity contribution is 5.03. The highest BCUT2D eigenvalue weighted by Crippen LogP contribution is 2.15. The fourth-order valence-electron chi connectivity index (χ4n) is 2.18. The normalized spacial score (nSPS) is 14.8. The monoisotopic (exact) mass is 237 g/mol. The third kappa shape index (κ3) is 5.92. The van der Waals surface area contributed by atoms with E-state index in [0.29, 0.717) is 12.1 Å². The Balaban J connectivity index is 2.10. The maximum absolute atomic E-state index is 5.39. The van der Waals surface area contributed by atoms with Gasteiger partial charge in [-0.25, -0.2) is 0 Å². The lowest BCUT2D eigenvalue weighted by Gasteiger charge is -2.18. The summed E-state index contributed by atoms with van der Waals surface area (Å²) in [6.45, 7) is 6.68. The second-order valence-electron chi connectivity index (χ2n) is 5.01. The molecule has 0 aromatic carbocycles. The molecule has 2 atom stereocenters. The Morgan fingerprint density at radius 3 is 2.59 bits per heavy atom. The molecule has 17 heavy (non-hydrogen) atoms. The second-order valence-corrected chi connectivity index (χ2v) is 5.01. The zero-order chi connectivity index (χ0) is 12.5. The van der Waals surface area contributed by atoms with Crippen molar-refractivity contribution in [3.8, 4) is 0 Å². The summed E-state index contributed by atoms with van der Waals surface area (Å²) >= 11 is 0. The molecule has 0 radical (unpaired) electrons. The average Bonchev–Trinajstić information content (AvgIpc) is 2.82. The Kier molecular flexibility index (Phi) is 7.02. The van der Waals surface area contributed by atoms with Gasteiger partial charge in [-0.1, -0.05) is 39.0 Å². The van der Waals surface area contributed by atoms with Crippen molar-refractivity contribution < 1.29 is 4.42 Å². The molecular weight excluding hydrogens is 210 g/mol. The molecule has 0 amide bonds. The first-order chi connectivity index (χ1) is 8.24. The van der Waals surface area contributed by atoms with E-state index < -0.39 is 0 Å². The lowest BCUT2D eigenvalue weighted by Crippen LogP contribution is -2.28. The van der Waals surface area contributed by atoms with Gasteiger partial charge in [0, 0.05) is 6.04 Å². The van der Waals surface area contributed by atoms with Crippen molar-refractivity contribution in [2.75, 3.05) is 0 Å². The van der Waals surface area contributed by atoms with Crippen LogP contribution in [0.2, 0.25) is 0 Å². The van der Waals surface area contributed by atoms with Crippen molar-refractivity contribution in [3.05, 3.63) is 24.2 Å². The van der Waals surface area contributed by atoms with E-state index in [4.69, 9.17) is 4.42 Å². The van der Waals surface area contributed by atoms with Crippen molar-refractivity contribution >= 4 is 0 Å². The van der Waals surface area contributed by atoms with Crippen molar-refractivity contribution in [3.63, 3.8) is 0 Å². The molecule has 0 saturated carbocycles. The molecule has 1 aromatic rings. The fourth-order valence-corrected chi connectivity index (χ4v) is 2.18. The summed E-state index contributed by atoms with van der Waals surface area (Å²) in [7, 11) is 0. The van der Waals surface area contributed by atoms with E-state index in [9.17, 15) is 0 Å². The third-order valence-corrected chi connectivity index (χ3v) is 3.25. The van der Waals surface area contributed by atoms with Crippen LogP contribution >= 0.6 is 0 Å². The lowest BCUT2D eigenvalue weighted by atomic mass is 10.1. The predicted octanol–water partition coefficient (Wildman–Crippen LogP) is 4.68. The molecule has 1 rings (SSSR count). The van der Waals surface area contributed by atoms with Gasteiger partial charge in [-0.05, 0) is 32.4 Å². The largest absolute Gasteiger partial charge is 0.468 e. The summed E-state index contributed by atoms with van der Waals surface area (Å²) in [6, 6.07) is 4.86. The summed E-state index contributed by atoms with van der Waals surface area (Å²) < 4.78 is 5.39. The average molecular weight is 237 g/mol. The van der Waals surface area contributed by atoms with Crippen molar-refractivity contribution in [2.45, 2.75) is 71.4 Å². The van der Waals surface area contributed by atoms with E-state index in [1.54, 1.807) is 6.26 Å². The summed E-state index contributed by atoms with van der Waals surface area (Å²) in [5.74, 6) is 1.03. The van der Waals surface area contributed by atoms with Crippen molar-refractivity contribution in [1.82, 2.24) is 5.32 Å². The minimum absolute atomic E-state index is 0.315. The van der Waals surface area contributed by atoms with Crippen LogP contribution in [0.15, 0.2) is 22.8 Å². The molecule has 0 spiro atoms. The Bertz CT molecular complexity index is 268. The van der Waals surface area contributed by atoms with Crippen LogP contribution in [-0.2, 0) is 0 Å². The van der Waals surface area contributed by atoms with E-state index in [1.165, 1.54) is 38.5 Å². The summed E-state index contributed by atoms with van der Waals surface area (Å²) in [6.07, 6.45) is 9.79. The van der Waals surface area contributed by atoms with Gasteiger partial charge >= 0.3 is 0 Å². The van der Waals surface area contributed by atoms with Crippen LogP contribution in [0.1, 0.15) is 71.1 Å². The van der Waals surface area contributed by atoms with Crippen LogP contribution in [0.4, 0.5) is 0 Å². The summed E-state index contributed by atoms with van der Waals surface area (Å²) in [4.78, 5) is 0. The molecule has 0 aliphatic heterocycles. The number of furan rings is 1.